The van der Waals surface area contributed by atoms with Gasteiger partial charge in [0.05, 0.1) is 6.10 Å². The first kappa shape index (κ1) is 12.7. The lowest BCUT2D eigenvalue weighted by Crippen LogP contribution is -2.28. The molecule has 1 N–H and O–H groups in total. The van der Waals surface area contributed by atoms with Gasteiger partial charge < -0.3 is 10.1 Å². The van der Waals surface area contributed by atoms with Crippen LogP contribution >= 0.6 is 0 Å². The molecule has 1 rings (SSSR count). The summed E-state index contributed by atoms with van der Waals surface area (Å²) in [6, 6.07) is 0.619. The fraction of sp³-hybridized carbons (Fsp3) is 0.846. The van der Waals surface area contributed by atoms with Crippen LogP contribution in [0.15, 0.2) is 12.7 Å². The van der Waals surface area contributed by atoms with Crippen LogP contribution in [-0.2, 0) is 4.74 Å². The van der Waals surface area contributed by atoms with Gasteiger partial charge in [-0.2, -0.15) is 0 Å². The normalized spacial score (nSPS) is 22.9. The molecule has 88 valence electrons. The Bertz CT molecular complexity index is 164. The minimum Gasteiger partial charge on any atom is -0.378 e. The van der Waals surface area contributed by atoms with Crippen molar-refractivity contribution in [3.05, 3.63) is 12.7 Å². The van der Waals surface area contributed by atoms with E-state index in [-0.39, 0.29) is 0 Å². The van der Waals surface area contributed by atoms with Crippen molar-refractivity contribution >= 4 is 0 Å². The lowest BCUT2D eigenvalue weighted by atomic mass is 10.0. The summed E-state index contributed by atoms with van der Waals surface area (Å²) < 4.78 is 5.61. The van der Waals surface area contributed by atoms with Gasteiger partial charge in [-0.3, -0.25) is 0 Å². The van der Waals surface area contributed by atoms with Gasteiger partial charge in [-0.25, -0.2) is 0 Å². The first-order chi connectivity index (χ1) is 7.36. The summed E-state index contributed by atoms with van der Waals surface area (Å²) in [6.45, 7) is 8.00. The maximum atomic E-state index is 5.61. The topological polar surface area (TPSA) is 21.3 Å². The van der Waals surface area contributed by atoms with Crippen molar-refractivity contribution in [2.75, 3.05) is 13.2 Å². The van der Waals surface area contributed by atoms with Crippen molar-refractivity contribution < 1.29 is 4.74 Å². The predicted molar refractivity (Wildman–Crippen MR) is 65.1 cm³/mol. The molecule has 1 heterocycles. The van der Waals surface area contributed by atoms with E-state index < -0.39 is 0 Å². The van der Waals surface area contributed by atoms with E-state index in [1.54, 1.807) is 0 Å². The second-order valence-corrected chi connectivity index (χ2v) is 4.34. The molecule has 0 aromatic rings. The van der Waals surface area contributed by atoms with Gasteiger partial charge in [0, 0.05) is 12.6 Å². The number of hydrogen-bond acceptors (Lipinski definition) is 2. The minimum absolute atomic E-state index is 0.552. The van der Waals surface area contributed by atoms with E-state index in [2.05, 4.69) is 18.8 Å². The summed E-state index contributed by atoms with van der Waals surface area (Å²) in [7, 11) is 0. The maximum absolute atomic E-state index is 5.61. The number of nitrogens with one attached hydrogen (secondary N) is 1. The smallest absolute Gasteiger partial charge is 0.0576 e. The van der Waals surface area contributed by atoms with Crippen molar-refractivity contribution in [1.82, 2.24) is 5.32 Å². The van der Waals surface area contributed by atoms with Crippen molar-refractivity contribution in [2.24, 2.45) is 0 Å². The van der Waals surface area contributed by atoms with E-state index in [4.69, 9.17) is 4.74 Å². The van der Waals surface area contributed by atoms with Crippen LogP contribution in [0.2, 0.25) is 0 Å². The molecule has 2 heteroatoms. The zero-order valence-corrected chi connectivity index (χ0v) is 10.0. The van der Waals surface area contributed by atoms with E-state index in [1.807, 2.05) is 6.08 Å². The summed E-state index contributed by atoms with van der Waals surface area (Å²) in [6.07, 6.45) is 9.94. The predicted octanol–water partition coefficient (Wildman–Crippen LogP) is 2.89. The van der Waals surface area contributed by atoms with Gasteiger partial charge in [0.1, 0.15) is 0 Å². The Balaban J connectivity index is 2.06. The van der Waals surface area contributed by atoms with E-state index in [0.717, 1.165) is 19.6 Å². The molecule has 0 aliphatic carbocycles. The molecule has 0 spiro atoms. The zero-order chi connectivity index (χ0) is 10.9. The monoisotopic (exact) mass is 211 g/mol. The molecule has 1 saturated heterocycles. The molecule has 2 nitrogen and oxygen atoms in total. The highest BCUT2D eigenvalue weighted by Gasteiger charge is 2.15. The van der Waals surface area contributed by atoms with Crippen LogP contribution in [-0.4, -0.2) is 25.3 Å². The van der Waals surface area contributed by atoms with Gasteiger partial charge in [0.2, 0.25) is 0 Å². The van der Waals surface area contributed by atoms with Crippen LogP contribution in [0, 0.1) is 0 Å². The van der Waals surface area contributed by atoms with Gasteiger partial charge in [-0.05, 0) is 45.1 Å². The van der Waals surface area contributed by atoms with Crippen LogP contribution in [0.1, 0.15) is 45.4 Å². The van der Waals surface area contributed by atoms with Crippen molar-refractivity contribution in [3.63, 3.8) is 0 Å². The van der Waals surface area contributed by atoms with Crippen LogP contribution in [0.5, 0.6) is 0 Å². The second kappa shape index (κ2) is 7.89. The average Bonchev–Trinajstić information content (AvgIpc) is 2.71. The van der Waals surface area contributed by atoms with E-state index in [9.17, 15) is 0 Å². The fourth-order valence-corrected chi connectivity index (χ4v) is 2.26. The first-order valence-electron chi connectivity index (χ1n) is 6.32. The van der Waals surface area contributed by atoms with Crippen LogP contribution in [0.25, 0.3) is 0 Å². The van der Waals surface area contributed by atoms with Crippen molar-refractivity contribution in [3.8, 4) is 0 Å². The lowest BCUT2D eigenvalue weighted by molar-refractivity contribution is 0.101. The van der Waals surface area contributed by atoms with Gasteiger partial charge in [0.15, 0.2) is 0 Å². The molecule has 0 aromatic heterocycles. The molecular weight excluding hydrogens is 186 g/mol. The molecule has 0 amide bonds. The third kappa shape index (κ3) is 5.33. The Morgan fingerprint density at radius 2 is 2.47 bits per heavy atom. The standard InChI is InChI=1S/C13H25NO/c1-3-7-12(14-4-2)8-5-9-13-10-6-11-15-13/h3,12-14H,1,4-11H2,2H3. The Morgan fingerprint density at radius 1 is 1.60 bits per heavy atom. The Kier molecular flexibility index (Phi) is 6.69. The summed E-state index contributed by atoms with van der Waals surface area (Å²) in [4.78, 5) is 0. The number of hydrogen-bond donors (Lipinski definition) is 1. The molecule has 15 heavy (non-hydrogen) atoms. The zero-order valence-electron chi connectivity index (χ0n) is 10.0. The first-order valence-corrected chi connectivity index (χ1v) is 6.32. The average molecular weight is 211 g/mol. The molecule has 0 saturated carbocycles. The van der Waals surface area contributed by atoms with Crippen molar-refractivity contribution in [2.45, 2.75) is 57.6 Å². The second-order valence-electron chi connectivity index (χ2n) is 4.34. The summed E-state index contributed by atoms with van der Waals surface area (Å²) >= 11 is 0. The molecule has 1 aliphatic heterocycles. The highest BCUT2D eigenvalue weighted by molar-refractivity contribution is 4.78. The number of ether oxygens (including phenoxy) is 1. The lowest BCUT2D eigenvalue weighted by Gasteiger charge is -2.17. The van der Waals surface area contributed by atoms with Crippen LogP contribution in [0.3, 0.4) is 0 Å². The quantitative estimate of drug-likeness (QED) is 0.623. The Morgan fingerprint density at radius 3 is 3.07 bits per heavy atom. The SMILES string of the molecule is C=CCC(CCCC1CCCO1)NCC. The third-order valence-electron chi connectivity index (χ3n) is 3.05. The largest absolute Gasteiger partial charge is 0.378 e. The van der Waals surface area contributed by atoms with Crippen LogP contribution in [0.4, 0.5) is 0 Å². The Hall–Kier alpha value is -0.340. The molecule has 0 bridgehead atoms. The summed E-state index contributed by atoms with van der Waals surface area (Å²) in [5.41, 5.74) is 0. The minimum atomic E-state index is 0.552. The summed E-state index contributed by atoms with van der Waals surface area (Å²) in [5.74, 6) is 0. The highest BCUT2D eigenvalue weighted by atomic mass is 16.5. The van der Waals surface area contributed by atoms with Gasteiger partial charge >= 0.3 is 0 Å². The van der Waals surface area contributed by atoms with E-state index >= 15 is 0 Å². The maximum Gasteiger partial charge on any atom is 0.0576 e. The van der Waals surface area contributed by atoms with E-state index in [1.165, 1.54) is 32.1 Å². The molecular formula is C13H25NO. The molecule has 0 aromatic carbocycles. The molecule has 0 radical (unpaired) electrons. The van der Waals surface area contributed by atoms with Gasteiger partial charge in [0.25, 0.3) is 0 Å². The highest BCUT2D eigenvalue weighted by Crippen LogP contribution is 2.18. The molecule has 2 atom stereocenters. The Labute approximate surface area is 94.1 Å². The van der Waals surface area contributed by atoms with Crippen molar-refractivity contribution in [1.29, 1.82) is 0 Å². The summed E-state index contributed by atoms with van der Waals surface area (Å²) in [5, 5.41) is 3.50. The van der Waals surface area contributed by atoms with Crippen LogP contribution < -0.4 is 5.32 Å². The molecule has 2 unspecified atom stereocenters. The third-order valence-corrected chi connectivity index (χ3v) is 3.05. The van der Waals surface area contributed by atoms with Gasteiger partial charge in [-0.1, -0.05) is 13.0 Å². The number of rotatable bonds is 8. The van der Waals surface area contributed by atoms with E-state index in [0.29, 0.717) is 12.1 Å². The molecule has 1 aliphatic rings. The van der Waals surface area contributed by atoms with Gasteiger partial charge in [-0.15, -0.1) is 6.58 Å². The molecule has 1 fully saturated rings. The fourth-order valence-electron chi connectivity index (χ4n) is 2.26.